The van der Waals surface area contributed by atoms with E-state index in [0.717, 1.165) is 11.3 Å². The molecule has 3 heteroatoms. The average Bonchev–Trinajstić information content (AvgIpc) is 2.61. The fourth-order valence-electron chi connectivity index (χ4n) is 2.41. The van der Waals surface area contributed by atoms with Crippen LogP contribution in [0.25, 0.3) is 0 Å². The van der Waals surface area contributed by atoms with Gasteiger partial charge in [-0.1, -0.05) is 39.0 Å². The largest absolute Gasteiger partial charge is 0.508 e. The van der Waals surface area contributed by atoms with Crippen molar-refractivity contribution in [3.63, 3.8) is 0 Å². The Labute approximate surface area is 150 Å². The van der Waals surface area contributed by atoms with E-state index in [2.05, 4.69) is 36.2 Å². The van der Waals surface area contributed by atoms with Crippen molar-refractivity contribution in [3.05, 3.63) is 54.1 Å². The van der Waals surface area contributed by atoms with Crippen molar-refractivity contribution in [3.8, 4) is 5.75 Å². The number of aliphatic imine (C=N–C) groups is 1. The van der Waals surface area contributed by atoms with Crippen molar-refractivity contribution in [2.24, 2.45) is 4.99 Å². The summed E-state index contributed by atoms with van der Waals surface area (Å²) in [5.74, 6) is 1.47. The topological polar surface area (TPSA) is 32.6 Å². The van der Waals surface area contributed by atoms with Gasteiger partial charge in [-0.3, -0.25) is 4.99 Å². The summed E-state index contributed by atoms with van der Waals surface area (Å²) in [6.45, 7) is 2.26. The van der Waals surface area contributed by atoms with Crippen LogP contribution in [0.5, 0.6) is 5.75 Å². The number of unbranched alkanes of at least 4 members (excludes halogenated alkanes) is 5. The van der Waals surface area contributed by atoms with Crippen molar-refractivity contribution in [1.82, 2.24) is 0 Å². The highest BCUT2D eigenvalue weighted by atomic mass is 32.2. The molecule has 0 aliphatic carbocycles. The third-order valence-corrected chi connectivity index (χ3v) is 4.96. The lowest BCUT2D eigenvalue weighted by molar-refractivity contribution is 0.475. The quantitative estimate of drug-likeness (QED) is 0.300. The first kappa shape index (κ1) is 18.6. The highest BCUT2D eigenvalue weighted by Crippen LogP contribution is 2.23. The maximum absolute atomic E-state index is 9.27. The summed E-state index contributed by atoms with van der Waals surface area (Å²) in [4.78, 5) is 5.78. The van der Waals surface area contributed by atoms with E-state index < -0.39 is 0 Å². The fourth-order valence-corrected chi connectivity index (χ4v) is 3.32. The lowest BCUT2D eigenvalue weighted by Gasteiger charge is -2.03. The molecule has 0 aromatic heterocycles. The molecule has 0 heterocycles. The van der Waals surface area contributed by atoms with Gasteiger partial charge >= 0.3 is 0 Å². The number of rotatable bonds is 10. The predicted octanol–water partition coefficient (Wildman–Crippen LogP) is 6.60. The van der Waals surface area contributed by atoms with Crippen LogP contribution in [-0.2, 0) is 0 Å². The molecule has 0 fully saturated rings. The van der Waals surface area contributed by atoms with Gasteiger partial charge in [0.1, 0.15) is 5.75 Å². The Balaban J connectivity index is 1.71. The summed E-state index contributed by atoms with van der Waals surface area (Å²) in [7, 11) is 0. The van der Waals surface area contributed by atoms with Crippen molar-refractivity contribution in [1.29, 1.82) is 0 Å². The minimum atomic E-state index is 0.277. The molecule has 0 bridgehead atoms. The molecule has 2 aromatic rings. The lowest BCUT2D eigenvalue weighted by Crippen LogP contribution is -1.82. The van der Waals surface area contributed by atoms with E-state index in [1.165, 1.54) is 49.2 Å². The van der Waals surface area contributed by atoms with Gasteiger partial charge in [-0.15, -0.1) is 11.8 Å². The molecule has 0 saturated heterocycles. The number of benzene rings is 2. The molecule has 0 spiro atoms. The van der Waals surface area contributed by atoms with Gasteiger partial charge in [0, 0.05) is 11.1 Å². The Hall–Kier alpha value is -1.74. The first-order valence-electron chi connectivity index (χ1n) is 8.84. The van der Waals surface area contributed by atoms with E-state index in [1.807, 2.05) is 30.1 Å². The smallest absolute Gasteiger partial charge is 0.115 e. The number of hydrogen-bond donors (Lipinski definition) is 1. The number of phenolic OH excluding ortho intramolecular Hbond substituents is 1. The van der Waals surface area contributed by atoms with Crippen LogP contribution in [0.3, 0.4) is 0 Å². The summed E-state index contributed by atoms with van der Waals surface area (Å²) >= 11 is 1.93. The second-order valence-electron chi connectivity index (χ2n) is 5.96. The Bertz CT molecular complexity index is 605. The van der Waals surface area contributed by atoms with Crippen molar-refractivity contribution in [2.45, 2.75) is 50.3 Å². The third-order valence-electron chi connectivity index (χ3n) is 3.86. The van der Waals surface area contributed by atoms with Gasteiger partial charge in [0.15, 0.2) is 0 Å². The van der Waals surface area contributed by atoms with Gasteiger partial charge in [0.05, 0.1) is 5.69 Å². The summed E-state index contributed by atoms with van der Waals surface area (Å²) in [5.41, 5.74) is 1.93. The molecular formula is C21H27NOS. The predicted molar refractivity (Wildman–Crippen MR) is 106 cm³/mol. The first-order chi connectivity index (χ1) is 11.8. The zero-order chi connectivity index (χ0) is 17.0. The highest BCUT2D eigenvalue weighted by molar-refractivity contribution is 7.99. The van der Waals surface area contributed by atoms with Crippen LogP contribution in [-0.4, -0.2) is 17.1 Å². The van der Waals surface area contributed by atoms with E-state index >= 15 is 0 Å². The summed E-state index contributed by atoms with van der Waals surface area (Å²) < 4.78 is 0. The van der Waals surface area contributed by atoms with E-state index in [1.54, 1.807) is 12.1 Å². The van der Waals surface area contributed by atoms with Crippen LogP contribution < -0.4 is 0 Å². The first-order valence-corrected chi connectivity index (χ1v) is 9.82. The van der Waals surface area contributed by atoms with Crippen molar-refractivity contribution in [2.75, 3.05) is 5.75 Å². The van der Waals surface area contributed by atoms with Gasteiger partial charge in [0.2, 0.25) is 0 Å². The van der Waals surface area contributed by atoms with Gasteiger partial charge in [-0.25, -0.2) is 0 Å². The molecule has 2 rings (SSSR count). The standard InChI is InChI=1S/C21H27NOS/c1-2-3-4-5-6-7-16-24-21-14-10-19(11-15-21)22-17-18-8-12-20(23)13-9-18/h8-15,17,23H,2-7,16H2,1H3. The molecule has 0 unspecified atom stereocenters. The molecule has 0 amide bonds. The minimum Gasteiger partial charge on any atom is -0.508 e. The molecular weight excluding hydrogens is 314 g/mol. The Morgan fingerprint density at radius 1 is 0.875 bits per heavy atom. The van der Waals surface area contributed by atoms with Crippen molar-refractivity contribution < 1.29 is 5.11 Å². The monoisotopic (exact) mass is 341 g/mol. The van der Waals surface area contributed by atoms with Crippen molar-refractivity contribution >= 4 is 23.7 Å². The van der Waals surface area contributed by atoms with E-state index in [4.69, 9.17) is 0 Å². The number of phenols is 1. The number of hydrogen-bond acceptors (Lipinski definition) is 3. The lowest BCUT2D eigenvalue weighted by atomic mass is 10.1. The highest BCUT2D eigenvalue weighted by Gasteiger charge is 1.96. The maximum atomic E-state index is 9.27. The average molecular weight is 342 g/mol. The zero-order valence-electron chi connectivity index (χ0n) is 14.4. The van der Waals surface area contributed by atoms with Gasteiger partial charge in [0.25, 0.3) is 0 Å². The number of aromatic hydroxyl groups is 1. The number of thioether (sulfide) groups is 1. The Kier molecular flexibility index (Phi) is 8.47. The van der Waals surface area contributed by atoms with Crippen LogP contribution in [0.2, 0.25) is 0 Å². The van der Waals surface area contributed by atoms with Gasteiger partial charge < -0.3 is 5.11 Å². The van der Waals surface area contributed by atoms with Crippen LogP contribution >= 0.6 is 11.8 Å². The van der Waals surface area contributed by atoms with E-state index in [9.17, 15) is 5.11 Å². The summed E-state index contributed by atoms with van der Waals surface area (Å²) in [6, 6.07) is 15.4. The zero-order valence-corrected chi connectivity index (χ0v) is 15.3. The fraction of sp³-hybridized carbons (Fsp3) is 0.381. The molecule has 128 valence electrons. The maximum Gasteiger partial charge on any atom is 0.115 e. The molecule has 1 N–H and O–H groups in total. The molecule has 2 nitrogen and oxygen atoms in total. The number of nitrogens with zero attached hydrogens (tertiary/aromatic N) is 1. The molecule has 0 atom stereocenters. The molecule has 0 aliphatic heterocycles. The molecule has 2 aromatic carbocycles. The van der Waals surface area contributed by atoms with Gasteiger partial charge in [-0.05, 0) is 66.3 Å². The molecule has 24 heavy (non-hydrogen) atoms. The molecule has 0 radical (unpaired) electrons. The normalized spacial score (nSPS) is 11.2. The summed E-state index contributed by atoms with van der Waals surface area (Å²) in [6.07, 6.45) is 9.92. The van der Waals surface area contributed by atoms with Crippen LogP contribution in [0.1, 0.15) is 51.0 Å². The van der Waals surface area contributed by atoms with E-state index in [0.29, 0.717) is 0 Å². The van der Waals surface area contributed by atoms with Crippen LogP contribution in [0.4, 0.5) is 5.69 Å². The van der Waals surface area contributed by atoms with Crippen LogP contribution in [0, 0.1) is 0 Å². The molecule has 0 aliphatic rings. The Morgan fingerprint density at radius 3 is 2.25 bits per heavy atom. The van der Waals surface area contributed by atoms with Crippen LogP contribution in [0.15, 0.2) is 58.4 Å². The second kappa shape index (κ2) is 10.9. The van der Waals surface area contributed by atoms with E-state index in [-0.39, 0.29) is 5.75 Å². The Morgan fingerprint density at radius 2 is 1.54 bits per heavy atom. The summed E-state index contributed by atoms with van der Waals surface area (Å²) in [5, 5.41) is 9.27. The SMILES string of the molecule is CCCCCCCCSc1ccc(N=Cc2ccc(O)cc2)cc1. The minimum absolute atomic E-state index is 0.277. The third kappa shape index (κ3) is 7.22. The molecule has 0 saturated carbocycles. The second-order valence-corrected chi connectivity index (χ2v) is 7.13. The van der Waals surface area contributed by atoms with Gasteiger partial charge in [-0.2, -0.15) is 0 Å².